The smallest absolute Gasteiger partial charge is 0.471 e. The van der Waals surface area contributed by atoms with Gasteiger partial charge in [-0.05, 0) is 6.07 Å². The SMILES string of the molecule is COC(CN(Cc1ccccc1O)C(=O)C(F)(F)F)OC. The summed E-state index contributed by atoms with van der Waals surface area (Å²) in [5, 5.41) is 9.61. The Morgan fingerprint density at radius 2 is 1.86 bits per heavy atom. The number of carbonyl (C=O) groups is 1. The number of amides is 1. The van der Waals surface area contributed by atoms with E-state index in [2.05, 4.69) is 0 Å². The number of nitrogens with zero attached hydrogens (tertiary/aromatic N) is 1. The summed E-state index contributed by atoms with van der Waals surface area (Å²) >= 11 is 0. The van der Waals surface area contributed by atoms with E-state index >= 15 is 0 Å². The summed E-state index contributed by atoms with van der Waals surface area (Å²) in [6.07, 6.45) is -6.02. The minimum atomic E-state index is -5.02. The molecule has 21 heavy (non-hydrogen) atoms. The van der Waals surface area contributed by atoms with Crippen molar-refractivity contribution >= 4 is 5.91 Å². The standard InChI is InChI=1S/C13H16F3NO4/c1-20-11(21-2)8-17(12(19)13(14,15)16)7-9-5-3-4-6-10(9)18/h3-6,11,18H,7-8H2,1-2H3. The monoisotopic (exact) mass is 307 g/mol. The highest BCUT2D eigenvalue weighted by Gasteiger charge is 2.43. The van der Waals surface area contributed by atoms with Gasteiger partial charge in [0.05, 0.1) is 6.54 Å². The highest BCUT2D eigenvalue weighted by Crippen LogP contribution is 2.23. The number of phenols is 1. The van der Waals surface area contributed by atoms with Gasteiger partial charge in [0.25, 0.3) is 0 Å². The van der Waals surface area contributed by atoms with Crippen molar-refractivity contribution in [3.63, 3.8) is 0 Å². The fourth-order valence-electron chi connectivity index (χ4n) is 1.67. The molecule has 1 aromatic carbocycles. The summed E-state index contributed by atoms with van der Waals surface area (Å²) in [6.45, 7) is -0.825. The average molecular weight is 307 g/mol. The molecule has 0 aromatic heterocycles. The molecule has 0 atom stereocenters. The zero-order valence-electron chi connectivity index (χ0n) is 11.6. The van der Waals surface area contributed by atoms with Crippen LogP contribution in [0.5, 0.6) is 5.75 Å². The van der Waals surface area contributed by atoms with E-state index in [0.717, 1.165) is 0 Å². The van der Waals surface area contributed by atoms with Crippen LogP contribution in [-0.2, 0) is 20.8 Å². The second-order valence-corrected chi connectivity index (χ2v) is 4.21. The number of carbonyl (C=O) groups excluding carboxylic acids is 1. The molecule has 5 nitrogen and oxygen atoms in total. The van der Waals surface area contributed by atoms with E-state index < -0.39 is 31.5 Å². The molecule has 1 rings (SSSR count). The lowest BCUT2D eigenvalue weighted by Gasteiger charge is -2.27. The lowest BCUT2D eigenvalue weighted by atomic mass is 10.2. The third kappa shape index (κ3) is 4.91. The van der Waals surface area contributed by atoms with Crippen LogP contribution in [0, 0.1) is 0 Å². The summed E-state index contributed by atoms with van der Waals surface area (Å²) < 4.78 is 47.5. The first kappa shape index (κ1) is 17.3. The van der Waals surface area contributed by atoms with Gasteiger partial charge in [0.1, 0.15) is 5.75 Å². The minimum absolute atomic E-state index is 0.191. The van der Waals surface area contributed by atoms with E-state index in [1.54, 1.807) is 6.07 Å². The van der Waals surface area contributed by atoms with Gasteiger partial charge in [-0.3, -0.25) is 4.79 Å². The van der Waals surface area contributed by atoms with Crippen LogP contribution < -0.4 is 0 Å². The van der Waals surface area contributed by atoms with Crippen LogP contribution >= 0.6 is 0 Å². The Bertz CT molecular complexity index is 475. The average Bonchev–Trinajstić information content (AvgIpc) is 2.43. The molecule has 0 aliphatic carbocycles. The summed E-state index contributed by atoms with van der Waals surface area (Å²) in [7, 11) is 2.51. The van der Waals surface area contributed by atoms with Crippen molar-refractivity contribution in [2.75, 3.05) is 20.8 Å². The number of aromatic hydroxyl groups is 1. The molecule has 0 aliphatic rings. The van der Waals surface area contributed by atoms with Gasteiger partial charge in [-0.25, -0.2) is 0 Å². The van der Waals surface area contributed by atoms with Crippen LogP contribution in [0.15, 0.2) is 24.3 Å². The third-order valence-corrected chi connectivity index (χ3v) is 2.78. The lowest BCUT2D eigenvalue weighted by molar-refractivity contribution is -0.192. The summed E-state index contributed by atoms with van der Waals surface area (Å²) in [6, 6.07) is 5.84. The van der Waals surface area contributed by atoms with Crippen molar-refractivity contribution in [3.8, 4) is 5.75 Å². The van der Waals surface area contributed by atoms with Crippen LogP contribution in [-0.4, -0.2) is 49.1 Å². The van der Waals surface area contributed by atoms with E-state index in [9.17, 15) is 23.1 Å². The maximum absolute atomic E-state index is 12.6. The number of hydrogen-bond donors (Lipinski definition) is 1. The molecule has 1 amide bonds. The highest BCUT2D eigenvalue weighted by molar-refractivity contribution is 5.81. The van der Waals surface area contributed by atoms with Gasteiger partial charge in [-0.2, -0.15) is 13.2 Å². The van der Waals surface area contributed by atoms with E-state index in [-0.39, 0.29) is 11.3 Å². The number of ether oxygens (including phenoxy) is 2. The molecular weight excluding hydrogens is 291 g/mol. The highest BCUT2D eigenvalue weighted by atomic mass is 19.4. The van der Waals surface area contributed by atoms with Crippen molar-refractivity contribution in [3.05, 3.63) is 29.8 Å². The Hall–Kier alpha value is -1.80. The molecule has 0 unspecified atom stereocenters. The molecule has 0 saturated heterocycles. The molecule has 1 aromatic rings. The first-order chi connectivity index (χ1) is 9.79. The van der Waals surface area contributed by atoms with Crippen LogP contribution in [0.2, 0.25) is 0 Å². The van der Waals surface area contributed by atoms with E-state index in [4.69, 9.17) is 9.47 Å². The number of para-hydroxylation sites is 1. The van der Waals surface area contributed by atoms with E-state index in [1.807, 2.05) is 0 Å². The van der Waals surface area contributed by atoms with E-state index in [0.29, 0.717) is 4.90 Å². The van der Waals surface area contributed by atoms with Gasteiger partial charge in [-0.15, -0.1) is 0 Å². The molecule has 8 heteroatoms. The molecule has 0 radical (unpaired) electrons. The molecule has 0 fully saturated rings. The van der Waals surface area contributed by atoms with E-state index in [1.165, 1.54) is 32.4 Å². The fraction of sp³-hybridized carbons (Fsp3) is 0.462. The van der Waals surface area contributed by atoms with Crippen molar-refractivity contribution in [2.24, 2.45) is 0 Å². The second kappa shape index (κ2) is 7.28. The molecule has 0 heterocycles. The number of halogens is 3. The molecule has 0 spiro atoms. The normalized spacial score (nSPS) is 11.7. The summed E-state index contributed by atoms with van der Waals surface area (Å²) in [5.41, 5.74) is 0.195. The molecular formula is C13H16F3NO4. The minimum Gasteiger partial charge on any atom is -0.508 e. The van der Waals surface area contributed by atoms with Gasteiger partial charge in [0.2, 0.25) is 0 Å². The predicted octanol–water partition coefficient (Wildman–Crippen LogP) is 1.90. The Morgan fingerprint density at radius 3 is 2.33 bits per heavy atom. The van der Waals surface area contributed by atoms with Crippen LogP contribution in [0.4, 0.5) is 13.2 Å². The van der Waals surface area contributed by atoms with Crippen molar-refractivity contribution in [1.82, 2.24) is 4.90 Å². The third-order valence-electron chi connectivity index (χ3n) is 2.78. The molecule has 0 saturated carbocycles. The number of methoxy groups -OCH3 is 2. The fourth-order valence-corrected chi connectivity index (χ4v) is 1.67. The van der Waals surface area contributed by atoms with Crippen LogP contribution in [0.3, 0.4) is 0 Å². The Labute approximate surface area is 119 Å². The van der Waals surface area contributed by atoms with Gasteiger partial charge >= 0.3 is 12.1 Å². The number of phenolic OH excluding ortho intramolecular Hbond substituents is 1. The number of benzene rings is 1. The van der Waals surface area contributed by atoms with Crippen LogP contribution in [0.1, 0.15) is 5.56 Å². The molecule has 0 aliphatic heterocycles. The first-order valence-electron chi connectivity index (χ1n) is 5.98. The summed E-state index contributed by atoms with van der Waals surface area (Å²) in [5.74, 6) is -2.21. The number of hydrogen-bond acceptors (Lipinski definition) is 4. The maximum Gasteiger partial charge on any atom is 0.471 e. The first-order valence-corrected chi connectivity index (χ1v) is 5.98. The van der Waals surface area contributed by atoms with Crippen molar-refractivity contribution < 1.29 is 32.5 Å². The molecule has 0 bridgehead atoms. The Kier molecular flexibility index (Phi) is 5.98. The number of rotatable bonds is 6. The summed E-state index contributed by atoms with van der Waals surface area (Å²) in [4.78, 5) is 12.0. The zero-order chi connectivity index (χ0) is 16.0. The number of alkyl halides is 3. The Balaban J connectivity index is 2.96. The second-order valence-electron chi connectivity index (χ2n) is 4.21. The van der Waals surface area contributed by atoms with Gasteiger partial charge < -0.3 is 19.5 Å². The van der Waals surface area contributed by atoms with Gasteiger partial charge in [0.15, 0.2) is 6.29 Å². The van der Waals surface area contributed by atoms with Crippen LogP contribution in [0.25, 0.3) is 0 Å². The quantitative estimate of drug-likeness (QED) is 0.816. The lowest BCUT2D eigenvalue weighted by Crippen LogP contribution is -2.45. The van der Waals surface area contributed by atoms with Gasteiger partial charge in [0, 0.05) is 26.3 Å². The molecule has 1 N–H and O–H groups in total. The largest absolute Gasteiger partial charge is 0.508 e. The topological polar surface area (TPSA) is 59.0 Å². The van der Waals surface area contributed by atoms with Gasteiger partial charge in [-0.1, -0.05) is 18.2 Å². The predicted molar refractivity (Wildman–Crippen MR) is 67.4 cm³/mol. The van der Waals surface area contributed by atoms with Crippen molar-refractivity contribution in [2.45, 2.75) is 19.0 Å². The Morgan fingerprint density at radius 1 is 1.29 bits per heavy atom. The maximum atomic E-state index is 12.6. The molecule has 118 valence electrons. The zero-order valence-corrected chi connectivity index (χ0v) is 11.6. The van der Waals surface area contributed by atoms with Crippen molar-refractivity contribution in [1.29, 1.82) is 0 Å².